The minimum atomic E-state index is -1.52. The van der Waals surface area contributed by atoms with E-state index in [-0.39, 0.29) is 0 Å². The van der Waals surface area contributed by atoms with Crippen LogP contribution in [0.25, 0.3) is 0 Å². The van der Waals surface area contributed by atoms with Crippen LogP contribution in [-0.4, -0.2) is 17.0 Å². The quantitative estimate of drug-likeness (QED) is 0.708. The van der Waals surface area contributed by atoms with Crippen LogP contribution in [0.1, 0.15) is 32.1 Å². The number of carbonyl (C=O) groups is 1. The molecule has 2 rings (SSSR count). The Morgan fingerprint density at radius 3 is 2.76 bits per heavy atom. The van der Waals surface area contributed by atoms with Gasteiger partial charge in [-0.2, -0.15) is 0 Å². The molecule has 1 fully saturated rings. The van der Waals surface area contributed by atoms with Gasteiger partial charge in [0.25, 0.3) is 0 Å². The van der Waals surface area contributed by atoms with Crippen LogP contribution in [0.2, 0.25) is 0 Å². The molecule has 0 saturated heterocycles. The van der Waals surface area contributed by atoms with Gasteiger partial charge in [-0.05, 0) is 30.6 Å². The number of alkyl halides is 1. The molecule has 0 amide bonds. The van der Waals surface area contributed by atoms with Gasteiger partial charge in [-0.25, -0.2) is 4.39 Å². The van der Waals surface area contributed by atoms with Crippen LogP contribution >= 0.6 is 11.8 Å². The number of rotatable bonds is 4. The minimum absolute atomic E-state index is 0.624. The van der Waals surface area contributed by atoms with Gasteiger partial charge < -0.3 is 4.79 Å². The van der Waals surface area contributed by atoms with Gasteiger partial charge >= 0.3 is 0 Å². The second-order valence-electron chi connectivity index (χ2n) is 4.92. The Balaban J connectivity index is 1.89. The van der Waals surface area contributed by atoms with E-state index in [0.717, 1.165) is 5.75 Å². The average Bonchev–Trinajstić information content (AvgIpc) is 2.38. The third kappa shape index (κ3) is 3.21. The Bertz CT molecular complexity index is 320. The summed E-state index contributed by atoms with van der Waals surface area (Å²) < 4.78 is 14.6. The van der Waals surface area contributed by atoms with Crippen LogP contribution in [0.4, 0.5) is 4.39 Å². The van der Waals surface area contributed by atoms with Gasteiger partial charge in [0.2, 0.25) is 0 Å². The zero-order chi connectivity index (χ0) is 12.1. The van der Waals surface area contributed by atoms with E-state index in [1.54, 1.807) is 18.2 Å². The second kappa shape index (κ2) is 5.85. The number of halogens is 1. The molecule has 2 aliphatic carbocycles. The van der Waals surface area contributed by atoms with Crippen LogP contribution in [0.15, 0.2) is 24.3 Å². The third-order valence-electron chi connectivity index (χ3n) is 3.62. The molecule has 0 bridgehead atoms. The summed E-state index contributed by atoms with van der Waals surface area (Å²) in [5.41, 5.74) is 0. The van der Waals surface area contributed by atoms with E-state index < -0.39 is 10.9 Å². The van der Waals surface area contributed by atoms with E-state index in [0.29, 0.717) is 12.2 Å². The summed E-state index contributed by atoms with van der Waals surface area (Å²) in [5, 5.41) is -1.52. The summed E-state index contributed by atoms with van der Waals surface area (Å²) in [5.74, 6) is 0.841. The normalized spacial score (nSPS) is 33.8. The highest BCUT2D eigenvalue weighted by Crippen LogP contribution is 2.41. The van der Waals surface area contributed by atoms with Crippen molar-refractivity contribution in [2.24, 2.45) is 11.8 Å². The lowest BCUT2D eigenvalue weighted by atomic mass is 9.91. The molecule has 0 aromatic rings. The van der Waals surface area contributed by atoms with E-state index in [1.165, 1.54) is 49.9 Å². The Labute approximate surface area is 107 Å². The van der Waals surface area contributed by atoms with Crippen molar-refractivity contribution in [3.63, 3.8) is 0 Å². The fraction of sp³-hybridized carbons (Fsp3) is 0.643. The van der Waals surface area contributed by atoms with Gasteiger partial charge in [0, 0.05) is 0 Å². The standard InChI is InChI=1S/C14H19FOS/c15-14(9-5-4-8-13(14)10-16)17-11-12-6-2-1-3-7-12/h4-5,8-10,12-13H,1-3,6-7,11H2. The SMILES string of the molecule is O=CC1C=CC=CC1(F)SCC1CCCCC1. The van der Waals surface area contributed by atoms with E-state index >= 15 is 0 Å². The van der Waals surface area contributed by atoms with Gasteiger partial charge in [-0.1, -0.05) is 37.5 Å². The monoisotopic (exact) mass is 254 g/mol. The van der Waals surface area contributed by atoms with Crippen molar-refractivity contribution in [1.82, 2.24) is 0 Å². The van der Waals surface area contributed by atoms with Gasteiger partial charge in [0.15, 0.2) is 5.00 Å². The molecule has 94 valence electrons. The van der Waals surface area contributed by atoms with Crippen LogP contribution in [0.3, 0.4) is 0 Å². The van der Waals surface area contributed by atoms with Crippen molar-refractivity contribution < 1.29 is 9.18 Å². The number of thioether (sulfide) groups is 1. The largest absolute Gasteiger partial charge is 0.303 e. The second-order valence-corrected chi connectivity index (χ2v) is 6.17. The Morgan fingerprint density at radius 1 is 1.29 bits per heavy atom. The smallest absolute Gasteiger partial charge is 0.187 e. The first kappa shape index (κ1) is 12.9. The summed E-state index contributed by atoms with van der Waals surface area (Å²) in [6.45, 7) is 0. The topological polar surface area (TPSA) is 17.1 Å². The molecule has 1 saturated carbocycles. The summed E-state index contributed by atoms with van der Waals surface area (Å²) in [7, 11) is 0. The molecule has 17 heavy (non-hydrogen) atoms. The summed E-state index contributed by atoms with van der Waals surface area (Å²) in [6, 6.07) is 0. The molecule has 0 aromatic carbocycles. The predicted octanol–water partition coefficient (Wildman–Crippen LogP) is 3.91. The molecule has 3 heteroatoms. The van der Waals surface area contributed by atoms with Crippen molar-refractivity contribution >= 4 is 18.0 Å². The van der Waals surface area contributed by atoms with Crippen LogP contribution < -0.4 is 0 Å². The molecule has 0 N–H and O–H groups in total. The molecule has 0 heterocycles. The van der Waals surface area contributed by atoms with Crippen LogP contribution in [-0.2, 0) is 4.79 Å². The van der Waals surface area contributed by atoms with E-state index in [1.807, 2.05) is 0 Å². The number of hydrogen-bond donors (Lipinski definition) is 0. The van der Waals surface area contributed by atoms with Gasteiger partial charge in [0.1, 0.15) is 6.29 Å². The van der Waals surface area contributed by atoms with E-state index in [4.69, 9.17) is 0 Å². The first-order valence-electron chi connectivity index (χ1n) is 6.39. The molecule has 0 radical (unpaired) electrons. The Hall–Kier alpha value is -0.570. The fourth-order valence-corrected chi connectivity index (χ4v) is 3.82. The molecular formula is C14H19FOS. The first-order chi connectivity index (χ1) is 8.24. The third-order valence-corrected chi connectivity index (χ3v) is 5.11. The lowest BCUT2D eigenvalue weighted by molar-refractivity contribution is -0.111. The highest BCUT2D eigenvalue weighted by atomic mass is 32.2. The zero-order valence-electron chi connectivity index (χ0n) is 9.98. The number of carbonyl (C=O) groups excluding carboxylic acids is 1. The molecule has 0 spiro atoms. The highest BCUT2D eigenvalue weighted by Gasteiger charge is 2.37. The number of hydrogen-bond acceptors (Lipinski definition) is 2. The lowest BCUT2D eigenvalue weighted by Crippen LogP contribution is -2.30. The lowest BCUT2D eigenvalue weighted by Gasteiger charge is -2.29. The molecular weight excluding hydrogens is 235 g/mol. The maximum atomic E-state index is 14.6. The number of allylic oxidation sites excluding steroid dienone is 3. The molecule has 0 aliphatic heterocycles. The molecule has 0 aromatic heterocycles. The minimum Gasteiger partial charge on any atom is -0.303 e. The Kier molecular flexibility index (Phi) is 4.43. The van der Waals surface area contributed by atoms with Crippen molar-refractivity contribution in [2.75, 3.05) is 5.75 Å². The summed E-state index contributed by atoms with van der Waals surface area (Å²) >= 11 is 1.30. The van der Waals surface area contributed by atoms with Gasteiger partial charge in [-0.3, -0.25) is 0 Å². The van der Waals surface area contributed by atoms with E-state index in [9.17, 15) is 9.18 Å². The van der Waals surface area contributed by atoms with Crippen molar-refractivity contribution in [3.05, 3.63) is 24.3 Å². The maximum Gasteiger partial charge on any atom is 0.187 e. The van der Waals surface area contributed by atoms with Crippen LogP contribution in [0.5, 0.6) is 0 Å². The van der Waals surface area contributed by atoms with Crippen molar-refractivity contribution in [2.45, 2.75) is 37.1 Å². The molecule has 1 nitrogen and oxygen atoms in total. The van der Waals surface area contributed by atoms with Crippen LogP contribution in [0, 0.1) is 11.8 Å². The molecule has 2 aliphatic rings. The fourth-order valence-electron chi connectivity index (χ4n) is 2.49. The number of aldehydes is 1. The first-order valence-corrected chi connectivity index (χ1v) is 7.37. The molecule has 2 unspecified atom stereocenters. The van der Waals surface area contributed by atoms with E-state index in [2.05, 4.69) is 0 Å². The maximum absolute atomic E-state index is 14.6. The van der Waals surface area contributed by atoms with Crippen molar-refractivity contribution in [1.29, 1.82) is 0 Å². The van der Waals surface area contributed by atoms with Gasteiger partial charge in [0.05, 0.1) is 5.92 Å². The predicted molar refractivity (Wildman–Crippen MR) is 70.7 cm³/mol. The zero-order valence-corrected chi connectivity index (χ0v) is 10.8. The summed E-state index contributed by atoms with van der Waals surface area (Å²) in [6.07, 6.45) is 13.7. The molecule has 2 atom stereocenters. The average molecular weight is 254 g/mol. The van der Waals surface area contributed by atoms with Gasteiger partial charge in [-0.15, -0.1) is 11.8 Å². The van der Waals surface area contributed by atoms with Crippen molar-refractivity contribution in [3.8, 4) is 0 Å². The highest BCUT2D eigenvalue weighted by molar-refractivity contribution is 8.00. The summed E-state index contributed by atoms with van der Waals surface area (Å²) in [4.78, 5) is 10.9. The Morgan fingerprint density at radius 2 is 2.06 bits per heavy atom.